The van der Waals surface area contributed by atoms with E-state index >= 15 is 0 Å². The second-order valence-corrected chi connectivity index (χ2v) is 9.71. The number of hydrogen-bond acceptors (Lipinski definition) is 4. The number of carbonyl (C=O) groups excluding carboxylic acids is 4. The van der Waals surface area contributed by atoms with Gasteiger partial charge >= 0.3 is 0 Å². The molecule has 0 spiro atoms. The first-order chi connectivity index (χ1) is 15.4. The van der Waals surface area contributed by atoms with Gasteiger partial charge in [0.05, 0.1) is 5.02 Å². The number of fused-ring (bicyclic) bond motifs is 2. The largest absolute Gasteiger partial charge is 0.337 e. The molecule has 166 valence electrons. The van der Waals surface area contributed by atoms with Crippen LogP contribution in [-0.4, -0.2) is 57.0 Å². The first kappa shape index (κ1) is 19.9. The fraction of sp³-hybridized carbons (Fsp3) is 0.478. The summed E-state index contributed by atoms with van der Waals surface area (Å²) in [7, 11) is 0. The molecule has 1 aromatic rings. The summed E-state index contributed by atoms with van der Waals surface area (Å²) in [5.41, 5.74) is 1.37. The Balaban J connectivity index is 1.35. The van der Waals surface area contributed by atoms with Crippen molar-refractivity contribution in [3.8, 4) is 0 Å². The predicted octanol–water partition coefficient (Wildman–Crippen LogP) is 2.23. The average molecular weight is 458 g/mol. The standard InChI is InChI=1S/C23H21ClFN3O4/c24-15-9-11(1-6-16(15)25)10-26-8-7-14-17(21(26)30)19(29)23(32)28-18(14)22(31)27(13-4-5-13)20(28)12-2-3-12/h1,6,9,12-13,17,20H,2-5,7-8,10H2/t17?,20-/m0/s1. The van der Waals surface area contributed by atoms with E-state index in [0.717, 1.165) is 25.7 Å². The van der Waals surface area contributed by atoms with E-state index in [1.165, 1.54) is 28.0 Å². The topological polar surface area (TPSA) is 78.0 Å². The maximum atomic E-state index is 13.5. The van der Waals surface area contributed by atoms with Crippen molar-refractivity contribution in [2.75, 3.05) is 6.54 Å². The highest BCUT2D eigenvalue weighted by molar-refractivity contribution is 6.44. The lowest BCUT2D eigenvalue weighted by Crippen LogP contribution is -2.55. The predicted molar refractivity (Wildman–Crippen MR) is 110 cm³/mol. The van der Waals surface area contributed by atoms with Crippen molar-refractivity contribution in [1.82, 2.24) is 14.7 Å². The second kappa shape index (κ2) is 6.88. The molecule has 1 aromatic carbocycles. The Morgan fingerprint density at radius 1 is 1.03 bits per heavy atom. The van der Waals surface area contributed by atoms with Gasteiger partial charge < -0.3 is 9.80 Å². The zero-order chi connectivity index (χ0) is 22.3. The highest BCUT2D eigenvalue weighted by Gasteiger charge is 2.61. The number of benzene rings is 1. The SMILES string of the molecule is O=C1C(=O)N2C(=C3CCN(Cc4ccc(F)c(Cl)c4)C(=O)C13)C(=O)N(C1CC1)[C@@H]2C1CC1. The molecular formula is C23H21ClFN3O4. The lowest BCUT2D eigenvalue weighted by molar-refractivity contribution is -0.154. The molecule has 1 unspecified atom stereocenters. The van der Waals surface area contributed by atoms with Crippen molar-refractivity contribution >= 4 is 35.1 Å². The molecule has 6 rings (SSSR count). The number of rotatable bonds is 4. The number of nitrogens with zero attached hydrogens (tertiary/aromatic N) is 3. The Morgan fingerprint density at radius 2 is 1.78 bits per heavy atom. The Kier molecular flexibility index (Phi) is 4.28. The first-order valence-corrected chi connectivity index (χ1v) is 11.4. The molecule has 0 aromatic heterocycles. The fourth-order valence-electron chi connectivity index (χ4n) is 5.31. The van der Waals surface area contributed by atoms with Crippen LogP contribution in [0.3, 0.4) is 0 Å². The molecule has 0 radical (unpaired) electrons. The van der Waals surface area contributed by atoms with Gasteiger partial charge in [-0.05, 0) is 61.3 Å². The van der Waals surface area contributed by atoms with E-state index in [1.807, 2.05) is 0 Å². The van der Waals surface area contributed by atoms with Gasteiger partial charge in [-0.3, -0.25) is 24.1 Å². The first-order valence-electron chi connectivity index (χ1n) is 11.0. The number of piperidine rings is 1. The summed E-state index contributed by atoms with van der Waals surface area (Å²) >= 11 is 5.85. The summed E-state index contributed by atoms with van der Waals surface area (Å²) in [5, 5.41) is -0.0443. The van der Waals surface area contributed by atoms with E-state index in [9.17, 15) is 23.6 Å². The van der Waals surface area contributed by atoms with Crippen molar-refractivity contribution in [1.29, 1.82) is 0 Å². The van der Waals surface area contributed by atoms with E-state index in [0.29, 0.717) is 24.1 Å². The maximum absolute atomic E-state index is 13.5. The summed E-state index contributed by atoms with van der Waals surface area (Å²) in [5.74, 6) is -3.81. The Morgan fingerprint density at radius 3 is 2.44 bits per heavy atom. The van der Waals surface area contributed by atoms with E-state index in [2.05, 4.69) is 0 Å². The van der Waals surface area contributed by atoms with Gasteiger partial charge in [-0.2, -0.15) is 0 Å². The Hall–Kier alpha value is -2.74. The smallest absolute Gasteiger partial charge is 0.297 e. The van der Waals surface area contributed by atoms with Crippen LogP contribution in [0.1, 0.15) is 37.7 Å². The zero-order valence-electron chi connectivity index (χ0n) is 17.2. The van der Waals surface area contributed by atoms with Crippen LogP contribution in [0.2, 0.25) is 5.02 Å². The van der Waals surface area contributed by atoms with Gasteiger partial charge in [-0.1, -0.05) is 17.7 Å². The molecule has 2 saturated heterocycles. The molecular weight excluding hydrogens is 437 g/mol. The third-order valence-corrected chi connectivity index (χ3v) is 7.41. The summed E-state index contributed by atoms with van der Waals surface area (Å²) in [6, 6.07) is 4.33. The van der Waals surface area contributed by atoms with Crippen molar-refractivity contribution in [2.24, 2.45) is 11.8 Å². The molecule has 3 heterocycles. The van der Waals surface area contributed by atoms with Crippen LogP contribution in [0, 0.1) is 17.7 Å². The van der Waals surface area contributed by atoms with Gasteiger partial charge in [0.1, 0.15) is 23.6 Å². The quantitative estimate of drug-likeness (QED) is 0.513. The molecule has 0 bridgehead atoms. The number of hydrogen-bond donors (Lipinski definition) is 0. The zero-order valence-corrected chi connectivity index (χ0v) is 18.0. The minimum Gasteiger partial charge on any atom is -0.337 e. The minimum absolute atomic E-state index is 0.0443. The average Bonchev–Trinajstić information content (AvgIpc) is 3.68. The normalized spacial score (nSPS) is 28.0. The fourth-order valence-corrected chi connectivity index (χ4v) is 5.51. The lowest BCUT2D eigenvalue weighted by atomic mass is 9.82. The number of carbonyl (C=O) groups is 4. The second-order valence-electron chi connectivity index (χ2n) is 9.30. The molecule has 3 amide bonds. The molecule has 2 aliphatic carbocycles. The summed E-state index contributed by atoms with van der Waals surface area (Å²) in [6.45, 7) is 0.458. The minimum atomic E-state index is -1.25. The van der Waals surface area contributed by atoms with Crippen molar-refractivity contribution in [3.63, 3.8) is 0 Å². The van der Waals surface area contributed by atoms with Gasteiger partial charge in [0, 0.05) is 19.1 Å². The highest BCUT2D eigenvalue weighted by atomic mass is 35.5. The summed E-state index contributed by atoms with van der Waals surface area (Å²) in [4.78, 5) is 57.7. The Bertz CT molecular complexity index is 1130. The summed E-state index contributed by atoms with van der Waals surface area (Å²) in [6.07, 6.45) is 3.63. The molecule has 4 fully saturated rings. The molecule has 32 heavy (non-hydrogen) atoms. The number of Topliss-reactive ketones (excluding diaryl/α,β-unsaturated/α-hetero) is 1. The van der Waals surface area contributed by atoms with E-state index < -0.39 is 29.3 Å². The van der Waals surface area contributed by atoms with E-state index in [4.69, 9.17) is 11.6 Å². The number of likely N-dealkylation sites (tertiary alicyclic amines) is 1. The third-order valence-electron chi connectivity index (χ3n) is 7.12. The van der Waals surface area contributed by atoms with Crippen LogP contribution in [0.15, 0.2) is 29.5 Å². The van der Waals surface area contributed by atoms with E-state index in [1.54, 1.807) is 4.90 Å². The van der Waals surface area contributed by atoms with Crippen LogP contribution in [-0.2, 0) is 25.7 Å². The van der Waals surface area contributed by atoms with Crippen molar-refractivity contribution < 1.29 is 23.6 Å². The van der Waals surface area contributed by atoms with Crippen LogP contribution in [0.4, 0.5) is 4.39 Å². The van der Waals surface area contributed by atoms with Crippen LogP contribution in [0.25, 0.3) is 0 Å². The molecule has 3 aliphatic heterocycles. The molecule has 2 atom stereocenters. The third kappa shape index (κ3) is 2.85. The van der Waals surface area contributed by atoms with Gasteiger partial charge in [0.25, 0.3) is 11.8 Å². The van der Waals surface area contributed by atoms with Crippen molar-refractivity contribution in [2.45, 2.75) is 50.9 Å². The molecule has 0 N–H and O–H groups in total. The van der Waals surface area contributed by atoms with Gasteiger partial charge in [0.15, 0.2) is 0 Å². The highest BCUT2D eigenvalue weighted by Crippen LogP contribution is 2.50. The molecule has 9 heteroatoms. The molecule has 7 nitrogen and oxygen atoms in total. The van der Waals surface area contributed by atoms with Gasteiger partial charge in [-0.25, -0.2) is 4.39 Å². The maximum Gasteiger partial charge on any atom is 0.297 e. The van der Waals surface area contributed by atoms with Crippen LogP contribution in [0.5, 0.6) is 0 Å². The Labute approximate surface area is 188 Å². The molecule has 5 aliphatic rings. The number of amides is 3. The van der Waals surface area contributed by atoms with Crippen LogP contribution >= 0.6 is 11.6 Å². The van der Waals surface area contributed by atoms with Crippen LogP contribution < -0.4 is 0 Å². The lowest BCUT2D eigenvalue weighted by Gasteiger charge is -2.39. The van der Waals surface area contributed by atoms with Crippen molar-refractivity contribution in [3.05, 3.63) is 45.9 Å². The van der Waals surface area contributed by atoms with E-state index in [-0.39, 0.29) is 41.3 Å². The molecule has 2 saturated carbocycles. The summed E-state index contributed by atoms with van der Waals surface area (Å²) < 4.78 is 13.5. The monoisotopic (exact) mass is 457 g/mol. The number of halogens is 2. The van der Waals surface area contributed by atoms with Gasteiger partial charge in [-0.15, -0.1) is 0 Å². The van der Waals surface area contributed by atoms with Gasteiger partial charge in [0.2, 0.25) is 11.7 Å². The number of ketones is 1.